The van der Waals surface area contributed by atoms with E-state index in [1.165, 1.54) is 11.6 Å². The van der Waals surface area contributed by atoms with Crippen LogP contribution in [0.3, 0.4) is 0 Å². The molecule has 2 aromatic carbocycles. The molecular weight excluding hydrogens is 342 g/mol. The highest BCUT2D eigenvalue weighted by Crippen LogP contribution is 2.21. The molecule has 0 spiro atoms. The van der Waals surface area contributed by atoms with Crippen molar-refractivity contribution in [1.29, 1.82) is 0 Å². The molecule has 1 N–H and O–H groups in total. The quantitative estimate of drug-likeness (QED) is 0.730. The summed E-state index contributed by atoms with van der Waals surface area (Å²) in [5.74, 6) is 0.386. The Morgan fingerprint density at radius 2 is 1.89 bits per heavy atom. The van der Waals surface area contributed by atoms with E-state index in [1.54, 1.807) is 13.2 Å². The lowest BCUT2D eigenvalue weighted by molar-refractivity contribution is -0.117. The number of carbonyl (C=O) groups is 1. The standard InChI is InChI=1S/C21H21N3O3/c1-3-15-7-9-17(10-8-15)22-20(25)14-24-21(26)12-11-19(23-24)16-5-4-6-18(13-16)27-2/h4-13H,3,14H2,1-2H3,(H,22,25). The van der Waals surface area contributed by atoms with Crippen molar-refractivity contribution in [2.75, 3.05) is 12.4 Å². The Labute approximate surface area is 157 Å². The van der Waals surface area contributed by atoms with Crippen LogP contribution in [0, 0.1) is 0 Å². The van der Waals surface area contributed by atoms with Crippen LogP contribution >= 0.6 is 0 Å². The predicted octanol–water partition coefficient (Wildman–Crippen LogP) is 3.12. The van der Waals surface area contributed by atoms with Gasteiger partial charge in [-0.3, -0.25) is 9.59 Å². The fourth-order valence-corrected chi connectivity index (χ4v) is 2.66. The van der Waals surface area contributed by atoms with E-state index in [0.29, 0.717) is 17.1 Å². The van der Waals surface area contributed by atoms with Crippen molar-refractivity contribution in [2.45, 2.75) is 19.9 Å². The van der Waals surface area contributed by atoms with Crippen LogP contribution in [0.1, 0.15) is 12.5 Å². The maximum Gasteiger partial charge on any atom is 0.267 e. The summed E-state index contributed by atoms with van der Waals surface area (Å²) in [6, 6.07) is 18.0. The van der Waals surface area contributed by atoms with Gasteiger partial charge in [-0.05, 0) is 42.3 Å². The summed E-state index contributed by atoms with van der Waals surface area (Å²) >= 11 is 0. The van der Waals surface area contributed by atoms with Crippen molar-refractivity contribution in [2.24, 2.45) is 0 Å². The van der Waals surface area contributed by atoms with Crippen LogP contribution in [0.15, 0.2) is 65.5 Å². The van der Waals surface area contributed by atoms with Crippen molar-refractivity contribution < 1.29 is 9.53 Å². The average Bonchev–Trinajstić information content (AvgIpc) is 2.70. The van der Waals surface area contributed by atoms with Crippen LogP contribution in [0.2, 0.25) is 0 Å². The maximum atomic E-state index is 12.3. The number of hydrogen-bond acceptors (Lipinski definition) is 4. The second-order valence-corrected chi connectivity index (χ2v) is 6.05. The molecule has 1 aromatic heterocycles. The summed E-state index contributed by atoms with van der Waals surface area (Å²) in [4.78, 5) is 24.4. The Balaban J connectivity index is 1.77. The molecule has 3 aromatic rings. The minimum atomic E-state index is -0.335. The van der Waals surface area contributed by atoms with Crippen LogP contribution in [0.4, 0.5) is 5.69 Å². The third-order valence-electron chi connectivity index (χ3n) is 4.17. The average molecular weight is 363 g/mol. The van der Waals surface area contributed by atoms with Gasteiger partial charge in [-0.15, -0.1) is 0 Å². The SMILES string of the molecule is CCc1ccc(NC(=O)Cn2nc(-c3cccc(OC)c3)ccc2=O)cc1. The first kappa shape index (κ1) is 18.4. The highest BCUT2D eigenvalue weighted by Gasteiger charge is 2.09. The van der Waals surface area contributed by atoms with Crippen molar-refractivity contribution >= 4 is 11.6 Å². The second-order valence-electron chi connectivity index (χ2n) is 6.05. The normalized spacial score (nSPS) is 10.4. The van der Waals surface area contributed by atoms with Gasteiger partial charge in [0.15, 0.2) is 0 Å². The van der Waals surface area contributed by atoms with Gasteiger partial charge >= 0.3 is 0 Å². The number of aryl methyl sites for hydroxylation is 1. The third-order valence-corrected chi connectivity index (χ3v) is 4.17. The summed E-state index contributed by atoms with van der Waals surface area (Å²) in [6.07, 6.45) is 0.935. The largest absolute Gasteiger partial charge is 0.497 e. The van der Waals surface area contributed by atoms with Gasteiger partial charge in [0, 0.05) is 17.3 Å². The van der Waals surface area contributed by atoms with Gasteiger partial charge in [0.05, 0.1) is 12.8 Å². The Kier molecular flexibility index (Phi) is 5.66. The van der Waals surface area contributed by atoms with Crippen molar-refractivity contribution in [1.82, 2.24) is 9.78 Å². The highest BCUT2D eigenvalue weighted by atomic mass is 16.5. The van der Waals surface area contributed by atoms with E-state index in [9.17, 15) is 9.59 Å². The van der Waals surface area contributed by atoms with Crippen LogP contribution in [-0.2, 0) is 17.8 Å². The van der Waals surface area contributed by atoms with E-state index in [-0.39, 0.29) is 18.0 Å². The lowest BCUT2D eigenvalue weighted by atomic mass is 10.1. The summed E-state index contributed by atoms with van der Waals surface area (Å²) in [6.45, 7) is 1.91. The lowest BCUT2D eigenvalue weighted by Crippen LogP contribution is -2.29. The molecule has 0 saturated carbocycles. The number of anilines is 1. The van der Waals surface area contributed by atoms with Crippen LogP contribution in [0.25, 0.3) is 11.3 Å². The number of ether oxygens (including phenoxy) is 1. The number of rotatable bonds is 6. The minimum absolute atomic E-state index is 0.161. The first-order valence-corrected chi connectivity index (χ1v) is 8.70. The molecule has 0 atom stereocenters. The molecule has 1 heterocycles. The van der Waals surface area contributed by atoms with E-state index >= 15 is 0 Å². The molecule has 6 nitrogen and oxygen atoms in total. The Morgan fingerprint density at radius 1 is 1.11 bits per heavy atom. The van der Waals surface area contributed by atoms with Crippen LogP contribution in [0.5, 0.6) is 5.75 Å². The molecule has 27 heavy (non-hydrogen) atoms. The smallest absolute Gasteiger partial charge is 0.267 e. The molecule has 0 saturated heterocycles. The molecule has 138 valence electrons. The maximum absolute atomic E-state index is 12.3. The van der Waals surface area contributed by atoms with Crippen molar-refractivity contribution in [3.63, 3.8) is 0 Å². The Bertz CT molecular complexity index is 994. The molecule has 3 rings (SSSR count). The summed E-state index contributed by atoms with van der Waals surface area (Å²) in [5.41, 5.74) is 2.94. The fraction of sp³-hybridized carbons (Fsp3) is 0.190. The topological polar surface area (TPSA) is 73.2 Å². The van der Waals surface area contributed by atoms with Crippen LogP contribution < -0.4 is 15.6 Å². The predicted molar refractivity (Wildman–Crippen MR) is 105 cm³/mol. The van der Waals surface area contributed by atoms with Gasteiger partial charge in [0.2, 0.25) is 5.91 Å². The number of nitrogens with one attached hydrogen (secondary N) is 1. The molecule has 0 bridgehead atoms. The zero-order valence-corrected chi connectivity index (χ0v) is 15.3. The first-order chi connectivity index (χ1) is 13.1. The second kappa shape index (κ2) is 8.31. The number of benzene rings is 2. The molecular formula is C21H21N3O3. The van der Waals surface area contributed by atoms with Gasteiger partial charge in [0.25, 0.3) is 5.56 Å². The summed E-state index contributed by atoms with van der Waals surface area (Å²) in [7, 11) is 1.59. The van der Waals surface area contributed by atoms with Crippen molar-refractivity contribution in [3.05, 3.63) is 76.6 Å². The molecule has 0 unspecified atom stereocenters. The molecule has 0 aliphatic rings. The van der Waals surface area contributed by atoms with E-state index in [2.05, 4.69) is 17.3 Å². The van der Waals surface area contributed by atoms with E-state index in [1.807, 2.05) is 48.5 Å². The molecule has 0 radical (unpaired) electrons. The van der Waals surface area contributed by atoms with Crippen LogP contribution in [-0.4, -0.2) is 22.8 Å². The summed E-state index contributed by atoms with van der Waals surface area (Å²) < 4.78 is 6.37. The highest BCUT2D eigenvalue weighted by molar-refractivity contribution is 5.90. The minimum Gasteiger partial charge on any atom is -0.497 e. The van der Waals surface area contributed by atoms with E-state index < -0.39 is 0 Å². The Hall–Kier alpha value is -3.41. The van der Waals surface area contributed by atoms with E-state index in [0.717, 1.165) is 16.7 Å². The number of aromatic nitrogens is 2. The third kappa shape index (κ3) is 4.61. The zero-order valence-electron chi connectivity index (χ0n) is 15.3. The lowest BCUT2D eigenvalue weighted by Gasteiger charge is -2.09. The number of amides is 1. The number of carbonyl (C=O) groups excluding carboxylic acids is 1. The number of methoxy groups -OCH3 is 1. The summed E-state index contributed by atoms with van der Waals surface area (Å²) in [5, 5.41) is 7.10. The zero-order chi connectivity index (χ0) is 19.2. The van der Waals surface area contributed by atoms with Gasteiger partial charge in [0.1, 0.15) is 12.3 Å². The first-order valence-electron chi connectivity index (χ1n) is 8.70. The number of hydrogen-bond donors (Lipinski definition) is 1. The van der Waals surface area contributed by atoms with Gasteiger partial charge in [-0.25, -0.2) is 4.68 Å². The van der Waals surface area contributed by atoms with Gasteiger partial charge in [-0.2, -0.15) is 5.10 Å². The molecule has 6 heteroatoms. The monoisotopic (exact) mass is 363 g/mol. The fourth-order valence-electron chi connectivity index (χ4n) is 2.66. The molecule has 1 amide bonds. The van der Waals surface area contributed by atoms with Crippen molar-refractivity contribution in [3.8, 4) is 17.0 Å². The molecule has 0 fully saturated rings. The molecule has 0 aliphatic heterocycles. The van der Waals surface area contributed by atoms with Gasteiger partial charge in [-0.1, -0.05) is 31.2 Å². The number of nitrogens with zero attached hydrogens (tertiary/aromatic N) is 2. The Morgan fingerprint density at radius 3 is 2.59 bits per heavy atom. The molecule has 0 aliphatic carbocycles. The van der Waals surface area contributed by atoms with Gasteiger partial charge < -0.3 is 10.1 Å². The van der Waals surface area contributed by atoms with E-state index in [4.69, 9.17) is 4.74 Å².